The molecule has 0 spiro atoms. The standard InChI is InChI=1S/C16H17FN2O/c17-16-4-2-1-3-15(16)14-9-13(10-18-11-14)12-19-5-7-20-8-6-19/h1-4,9-11H,5-8,12H2. The van der Waals surface area contributed by atoms with E-state index in [4.69, 9.17) is 4.74 Å². The number of halogens is 1. The van der Waals surface area contributed by atoms with Crippen LogP contribution < -0.4 is 0 Å². The SMILES string of the molecule is Fc1ccccc1-c1cncc(CN2CCOCC2)c1. The fourth-order valence-electron chi connectivity index (χ4n) is 2.43. The second kappa shape index (κ2) is 6.11. The Morgan fingerprint density at radius 1 is 1.15 bits per heavy atom. The van der Waals surface area contributed by atoms with Gasteiger partial charge >= 0.3 is 0 Å². The summed E-state index contributed by atoms with van der Waals surface area (Å²) < 4.78 is 19.2. The minimum atomic E-state index is -0.210. The van der Waals surface area contributed by atoms with Gasteiger partial charge in [-0.2, -0.15) is 0 Å². The molecule has 104 valence electrons. The van der Waals surface area contributed by atoms with Gasteiger partial charge in [0.05, 0.1) is 13.2 Å². The average molecular weight is 272 g/mol. The summed E-state index contributed by atoms with van der Waals surface area (Å²) in [6, 6.07) is 8.81. The number of pyridine rings is 1. The lowest BCUT2D eigenvalue weighted by Crippen LogP contribution is -2.35. The van der Waals surface area contributed by atoms with Gasteiger partial charge in [0.15, 0.2) is 0 Å². The summed E-state index contributed by atoms with van der Waals surface area (Å²) in [6.45, 7) is 4.26. The second-order valence-electron chi connectivity index (χ2n) is 4.95. The Morgan fingerprint density at radius 3 is 2.75 bits per heavy atom. The van der Waals surface area contributed by atoms with Crippen molar-refractivity contribution in [2.45, 2.75) is 6.54 Å². The first kappa shape index (κ1) is 13.2. The van der Waals surface area contributed by atoms with Crippen molar-refractivity contribution in [2.75, 3.05) is 26.3 Å². The lowest BCUT2D eigenvalue weighted by Gasteiger charge is -2.26. The van der Waals surface area contributed by atoms with E-state index in [0.717, 1.165) is 44.0 Å². The molecule has 0 saturated carbocycles. The summed E-state index contributed by atoms with van der Waals surface area (Å²) in [5, 5.41) is 0. The molecule has 0 aliphatic carbocycles. The van der Waals surface area contributed by atoms with Crippen LogP contribution in [0.2, 0.25) is 0 Å². The van der Waals surface area contributed by atoms with Gasteiger partial charge in [0.25, 0.3) is 0 Å². The molecule has 2 heterocycles. The van der Waals surface area contributed by atoms with Crippen LogP contribution in [0.4, 0.5) is 4.39 Å². The Balaban J connectivity index is 1.80. The van der Waals surface area contributed by atoms with Gasteiger partial charge in [-0.15, -0.1) is 0 Å². The van der Waals surface area contributed by atoms with Gasteiger partial charge in [-0.25, -0.2) is 4.39 Å². The Hall–Kier alpha value is -1.78. The second-order valence-corrected chi connectivity index (χ2v) is 4.95. The highest BCUT2D eigenvalue weighted by Gasteiger charge is 2.12. The Bertz CT molecular complexity index is 582. The van der Waals surface area contributed by atoms with Crippen molar-refractivity contribution < 1.29 is 9.13 Å². The van der Waals surface area contributed by atoms with Gasteiger partial charge in [-0.3, -0.25) is 9.88 Å². The minimum absolute atomic E-state index is 0.210. The molecule has 2 aromatic rings. The monoisotopic (exact) mass is 272 g/mol. The van der Waals surface area contributed by atoms with E-state index in [0.29, 0.717) is 5.56 Å². The number of benzene rings is 1. The molecule has 3 rings (SSSR count). The molecule has 4 heteroatoms. The molecule has 0 bridgehead atoms. The van der Waals surface area contributed by atoms with Crippen LogP contribution >= 0.6 is 0 Å². The summed E-state index contributed by atoms with van der Waals surface area (Å²) in [5.41, 5.74) is 2.53. The molecule has 3 nitrogen and oxygen atoms in total. The number of hydrogen-bond acceptors (Lipinski definition) is 3. The molecule has 0 amide bonds. The molecule has 20 heavy (non-hydrogen) atoms. The van der Waals surface area contributed by atoms with Crippen molar-refractivity contribution >= 4 is 0 Å². The maximum atomic E-state index is 13.8. The molecule has 0 atom stereocenters. The Kier molecular flexibility index (Phi) is 4.04. The molecule has 1 aromatic carbocycles. The van der Waals surface area contributed by atoms with Crippen molar-refractivity contribution in [2.24, 2.45) is 0 Å². The van der Waals surface area contributed by atoms with E-state index in [2.05, 4.69) is 9.88 Å². The molecule has 0 unspecified atom stereocenters. The maximum absolute atomic E-state index is 13.8. The topological polar surface area (TPSA) is 25.4 Å². The first-order valence-electron chi connectivity index (χ1n) is 6.82. The summed E-state index contributed by atoms with van der Waals surface area (Å²) in [4.78, 5) is 6.57. The lowest BCUT2D eigenvalue weighted by molar-refractivity contribution is 0.0341. The van der Waals surface area contributed by atoms with Crippen molar-refractivity contribution in [3.05, 3.63) is 54.1 Å². The van der Waals surface area contributed by atoms with Crippen LogP contribution in [0.1, 0.15) is 5.56 Å². The van der Waals surface area contributed by atoms with Crippen LogP contribution in [0.5, 0.6) is 0 Å². The number of rotatable bonds is 3. The third-order valence-corrected chi connectivity index (χ3v) is 3.49. The average Bonchev–Trinajstić information content (AvgIpc) is 2.49. The fraction of sp³-hybridized carbons (Fsp3) is 0.312. The molecular weight excluding hydrogens is 255 g/mol. The number of ether oxygens (including phenoxy) is 1. The zero-order chi connectivity index (χ0) is 13.8. The number of nitrogens with zero attached hydrogens (tertiary/aromatic N) is 2. The quantitative estimate of drug-likeness (QED) is 0.859. The molecule has 1 aliphatic heterocycles. The van der Waals surface area contributed by atoms with E-state index < -0.39 is 0 Å². The number of morpholine rings is 1. The maximum Gasteiger partial charge on any atom is 0.131 e. The fourth-order valence-corrected chi connectivity index (χ4v) is 2.43. The molecule has 0 N–H and O–H groups in total. The largest absolute Gasteiger partial charge is 0.379 e. The van der Waals surface area contributed by atoms with E-state index in [1.165, 1.54) is 6.07 Å². The van der Waals surface area contributed by atoms with Gasteiger partial charge in [-0.05, 0) is 17.7 Å². The van der Waals surface area contributed by atoms with Crippen LogP contribution in [-0.4, -0.2) is 36.2 Å². The lowest BCUT2D eigenvalue weighted by atomic mass is 10.1. The van der Waals surface area contributed by atoms with E-state index >= 15 is 0 Å². The van der Waals surface area contributed by atoms with Crippen LogP contribution in [0.25, 0.3) is 11.1 Å². The number of hydrogen-bond donors (Lipinski definition) is 0. The highest BCUT2D eigenvalue weighted by Crippen LogP contribution is 2.22. The predicted molar refractivity (Wildman–Crippen MR) is 75.7 cm³/mol. The molecule has 1 fully saturated rings. The zero-order valence-electron chi connectivity index (χ0n) is 11.3. The van der Waals surface area contributed by atoms with E-state index in [-0.39, 0.29) is 5.82 Å². The van der Waals surface area contributed by atoms with Crippen molar-refractivity contribution in [3.8, 4) is 11.1 Å². The highest BCUT2D eigenvalue weighted by molar-refractivity contribution is 5.63. The third-order valence-electron chi connectivity index (χ3n) is 3.49. The van der Waals surface area contributed by atoms with Crippen LogP contribution in [0.15, 0.2) is 42.7 Å². The zero-order valence-corrected chi connectivity index (χ0v) is 11.3. The first-order chi connectivity index (χ1) is 9.83. The molecule has 0 radical (unpaired) electrons. The van der Waals surface area contributed by atoms with Crippen molar-refractivity contribution in [1.82, 2.24) is 9.88 Å². The van der Waals surface area contributed by atoms with Crippen LogP contribution in [0.3, 0.4) is 0 Å². The molecule has 1 aromatic heterocycles. The van der Waals surface area contributed by atoms with E-state index in [1.807, 2.05) is 18.3 Å². The summed E-state index contributed by atoms with van der Waals surface area (Å²) in [5.74, 6) is -0.210. The van der Waals surface area contributed by atoms with E-state index in [1.54, 1.807) is 18.3 Å². The first-order valence-corrected chi connectivity index (χ1v) is 6.82. The van der Waals surface area contributed by atoms with Crippen molar-refractivity contribution in [1.29, 1.82) is 0 Å². The Morgan fingerprint density at radius 2 is 1.95 bits per heavy atom. The van der Waals surface area contributed by atoms with Crippen LogP contribution in [-0.2, 0) is 11.3 Å². The highest BCUT2D eigenvalue weighted by atomic mass is 19.1. The van der Waals surface area contributed by atoms with Crippen LogP contribution in [0, 0.1) is 5.82 Å². The van der Waals surface area contributed by atoms with Gasteiger partial charge < -0.3 is 4.74 Å². The third kappa shape index (κ3) is 3.03. The van der Waals surface area contributed by atoms with Gasteiger partial charge in [0.1, 0.15) is 5.82 Å². The minimum Gasteiger partial charge on any atom is -0.379 e. The summed E-state index contributed by atoms with van der Waals surface area (Å²) in [6.07, 6.45) is 3.56. The molecular formula is C16H17FN2O. The summed E-state index contributed by atoms with van der Waals surface area (Å²) in [7, 11) is 0. The summed E-state index contributed by atoms with van der Waals surface area (Å²) >= 11 is 0. The normalized spacial score (nSPS) is 16.2. The smallest absolute Gasteiger partial charge is 0.131 e. The number of aromatic nitrogens is 1. The Labute approximate surface area is 118 Å². The van der Waals surface area contributed by atoms with Gasteiger partial charge in [-0.1, -0.05) is 18.2 Å². The molecule has 1 saturated heterocycles. The van der Waals surface area contributed by atoms with Crippen molar-refractivity contribution in [3.63, 3.8) is 0 Å². The predicted octanol–water partition coefficient (Wildman–Crippen LogP) is 2.72. The van der Waals surface area contributed by atoms with Gasteiger partial charge in [0, 0.05) is 43.2 Å². The molecule has 1 aliphatic rings. The van der Waals surface area contributed by atoms with Gasteiger partial charge in [0.2, 0.25) is 0 Å². The van der Waals surface area contributed by atoms with E-state index in [9.17, 15) is 4.39 Å².